The zero-order chi connectivity index (χ0) is 19.2. The summed E-state index contributed by atoms with van der Waals surface area (Å²) < 4.78 is 11.2. The fourth-order valence-electron chi connectivity index (χ4n) is 3.28. The van der Waals surface area contributed by atoms with E-state index >= 15 is 0 Å². The topological polar surface area (TPSA) is 39.4 Å². The van der Waals surface area contributed by atoms with Gasteiger partial charge in [0, 0.05) is 5.57 Å². The van der Waals surface area contributed by atoms with Crippen LogP contribution in [0.4, 0.5) is 0 Å². The van der Waals surface area contributed by atoms with Crippen LogP contribution in [0.5, 0.6) is 0 Å². The number of fused-ring (bicyclic) bond motifs is 1. The molecule has 0 amide bonds. The van der Waals surface area contributed by atoms with E-state index in [-0.39, 0.29) is 5.97 Å². The van der Waals surface area contributed by atoms with Crippen LogP contribution in [-0.4, -0.2) is 12.6 Å². The van der Waals surface area contributed by atoms with Crippen molar-refractivity contribution in [1.29, 1.82) is 0 Å². The van der Waals surface area contributed by atoms with Crippen LogP contribution in [0.2, 0.25) is 0 Å². The van der Waals surface area contributed by atoms with Crippen LogP contribution in [-0.2, 0) is 4.74 Å². The second-order valence-corrected chi connectivity index (χ2v) is 6.59. The molecule has 3 rings (SSSR count). The first-order chi connectivity index (χ1) is 13.2. The predicted molar refractivity (Wildman–Crippen MR) is 110 cm³/mol. The Bertz CT molecular complexity index is 957. The average Bonchev–Trinajstić information content (AvgIpc) is 3.07. The van der Waals surface area contributed by atoms with Crippen LogP contribution in [0.25, 0.3) is 16.3 Å². The highest BCUT2D eigenvalue weighted by Crippen LogP contribution is 2.33. The Morgan fingerprint density at radius 3 is 2.63 bits per heavy atom. The Labute approximate surface area is 160 Å². The lowest BCUT2D eigenvalue weighted by molar-refractivity contribution is 0.0524. The van der Waals surface area contributed by atoms with E-state index in [1.54, 1.807) is 6.92 Å². The van der Waals surface area contributed by atoms with Crippen molar-refractivity contribution in [1.82, 2.24) is 0 Å². The molecule has 2 aromatic carbocycles. The molecule has 0 aliphatic rings. The largest absolute Gasteiger partial charge is 0.462 e. The van der Waals surface area contributed by atoms with Gasteiger partial charge in [-0.15, -0.1) is 0 Å². The Hall–Kier alpha value is -2.81. The Morgan fingerprint density at radius 1 is 1.07 bits per heavy atom. The predicted octanol–water partition coefficient (Wildman–Crippen LogP) is 6.54. The highest BCUT2D eigenvalue weighted by Gasteiger charge is 2.19. The quantitative estimate of drug-likeness (QED) is 0.354. The SMILES string of the molecule is CCCC/C=C(\c1cc(C(=O)OCC)c(C)o1)c1cccc2ccccc12. The minimum atomic E-state index is -0.337. The van der Waals surface area contributed by atoms with Crippen molar-refractivity contribution in [3.8, 4) is 0 Å². The number of unbranched alkanes of at least 4 members (excludes halogenated alkanes) is 2. The monoisotopic (exact) mass is 362 g/mol. The van der Waals surface area contributed by atoms with Crippen LogP contribution in [0.1, 0.15) is 60.6 Å². The van der Waals surface area contributed by atoms with E-state index < -0.39 is 0 Å². The van der Waals surface area contributed by atoms with Crippen LogP contribution in [0.3, 0.4) is 0 Å². The number of esters is 1. The van der Waals surface area contributed by atoms with Crippen molar-refractivity contribution in [3.05, 3.63) is 77.3 Å². The Kier molecular flexibility index (Phi) is 6.12. The maximum Gasteiger partial charge on any atom is 0.341 e. The lowest BCUT2D eigenvalue weighted by atomic mass is 9.95. The molecule has 0 saturated heterocycles. The van der Waals surface area contributed by atoms with E-state index in [0.717, 1.165) is 30.4 Å². The summed E-state index contributed by atoms with van der Waals surface area (Å²) in [5.41, 5.74) is 2.64. The Morgan fingerprint density at radius 2 is 1.85 bits per heavy atom. The molecule has 3 nitrogen and oxygen atoms in total. The number of carbonyl (C=O) groups excluding carboxylic acids is 1. The van der Waals surface area contributed by atoms with Gasteiger partial charge in [0.05, 0.1) is 6.61 Å². The number of benzene rings is 2. The van der Waals surface area contributed by atoms with Gasteiger partial charge in [-0.05, 0) is 42.7 Å². The standard InChI is InChI=1S/C24H26O3/c1-4-6-7-14-21(20-15-10-12-18-11-8-9-13-19(18)20)23-16-22(17(3)27-23)24(25)26-5-2/h8-16H,4-7H2,1-3H3/b21-14-. The van der Waals surface area contributed by atoms with Gasteiger partial charge in [0.25, 0.3) is 0 Å². The molecule has 0 aliphatic carbocycles. The first kappa shape index (κ1) is 19.0. The molecule has 0 radical (unpaired) electrons. The molecule has 0 spiro atoms. The molecule has 0 N–H and O–H groups in total. The van der Waals surface area contributed by atoms with Crippen molar-refractivity contribution in [2.75, 3.05) is 6.61 Å². The maximum atomic E-state index is 12.2. The first-order valence-corrected chi connectivity index (χ1v) is 9.62. The third-order valence-electron chi connectivity index (χ3n) is 4.66. The van der Waals surface area contributed by atoms with Gasteiger partial charge < -0.3 is 9.15 Å². The number of carbonyl (C=O) groups is 1. The third-order valence-corrected chi connectivity index (χ3v) is 4.66. The number of ether oxygens (including phenoxy) is 1. The third kappa shape index (κ3) is 4.13. The normalized spacial score (nSPS) is 11.7. The van der Waals surface area contributed by atoms with Crippen molar-refractivity contribution < 1.29 is 13.9 Å². The lowest BCUT2D eigenvalue weighted by Crippen LogP contribution is -2.04. The molecule has 0 atom stereocenters. The molecule has 1 aromatic heterocycles. The fraction of sp³-hybridized carbons (Fsp3) is 0.292. The molecule has 0 bridgehead atoms. The molecule has 0 saturated carbocycles. The summed E-state index contributed by atoms with van der Waals surface area (Å²) in [5.74, 6) is 0.962. The van der Waals surface area contributed by atoms with E-state index in [1.165, 1.54) is 10.8 Å². The van der Waals surface area contributed by atoms with Crippen LogP contribution in [0, 0.1) is 6.92 Å². The molecule has 0 unspecified atom stereocenters. The van der Waals surface area contributed by atoms with Gasteiger partial charge in [0.15, 0.2) is 0 Å². The van der Waals surface area contributed by atoms with Gasteiger partial charge in [-0.3, -0.25) is 0 Å². The smallest absolute Gasteiger partial charge is 0.341 e. The van der Waals surface area contributed by atoms with Crippen molar-refractivity contribution >= 4 is 22.3 Å². The van der Waals surface area contributed by atoms with Crippen LogP contribution in [0.15, 0.2) is 59.0 Å². The fourth-order valence-corrected chi connectivity index (χ4v) is 3.28. The minimum absolute atomic E-state index is 0.337. The van der Waals surface area contributed by atoms with Gasteiger partial charge in [-0.1, -0.05) is 68.3 Å². The molecule has 3 aromatic rings. The summed E-state index contributed by atoms with van der Waals surface area (Å²) >= 11 is 0. The van der Waals surface area contributed by atoms with E-state index in [1.807, 2.05) is 25.1 Å². The number of furan rings is 1. The number of allylic oxidation sites excluding steroid dienone is 1. The summed E-state index contributed by atoms with van der Waals surface area (Å²) in [4.78, 5) is 12.2. The van der Waals surface area contributed by atoms with Gasteiger partial charge in [0.2, 0.25) is 0 Å². The second-order valence-electron chi connectivity index (χ2n) is 6.59. The number of rotatable bonds is 7. The molecule has 1 heterocycles. The molecule has 0 fully saturated rings. The lowest BCUT2D eigenvalue weighted by Gasteiger charge is -2.10. The van der Waals surface area contributed by atoms with Crippen LogP contribution < -0.4 is 0 Å². The zero-order valence-electron chi connectivity index (χ0n) is 16.2. The number of hydrogen-bond donors (Lipinski definition) is 0. The van der Waals surface area contributed by atoms with E-state index in [9.17, 15) is 4.79 Å². The van der Waals surface area contributed by atoms with Crippen molar-refractivity contribution in [2.24, 2.45) is 0 Å². The molecule has 3 heteroatoms. The van der Waals surface area contributed by atoms with E-state index in [4.69, 9.17) is 9.15 Å². The number of aryl methyl sites for hydroxylation is 1. The first-order valence-electron chi connectivity index (χ1n) is 9.62. The minimum Gasteiger partial charge on any atom is -0.462 e. The molecular formula is C24H26O3. The summed E-state index contributed by atoms with van der Waals surface area (Å²) in [6.07, 6.45) is 5.42. The highest BCUT2D eigenvalue weighted by atomic mass is 16.5. The zero-order valence-corrected chi connectivity index (χ0v) is 16.2. The summed E-state index contributed by atoms with van der Waals surface area (Å²) in [5, 5.41) is 2.36. The Balaban J connectivity index is 2.11. The second kappa shape index (κ2) is 8.72. The van der Waals surface area contributed by atoms with Gasteiger partial charge >= 0.3 is 5.97 Å². The van der Waals surface area contributed by atoms with E-state index in [0.29, 0.717) is 23.7 Å². The van der Waals surface area contributed by atoms with Gasteiger partial charge in [-0.2, -0.15) is 0 Å². The summed E-state index contributed by atoms with van der Waals surface area (Å²) in [7, 11) is 0. The average molecular weight is 362 g/mol. The maximum absolute atomic E-state index is 12.2. The van der Waals surface area contributed by atoms with Crippen molar-refractivity contribution in [2.45, 2.75) is 40.0 Å². The van der Waals surface area contributed by atoms with Gasteiger partial charge in [0.1, 0.15) is 17.1 Å². The molecule has 140 valence electrons. The van der Waals surface area contributed by atoms with Gasteiger partial charge in [-0.25, -0.2) is 4.79 Å². The number of hydrogen-bond acceptors (Lipinski definition) is 3. The molecular weight excluding hydrogens is 336 g/mol. The summed E-state index contributed by atoms with van der Waals surface area (Å²) in [6, 6.07) is 16.4. The summed E-state index contributed by atoms with van der Waals surface area (Å²) in [6.45, 7) is 6.14. The molecule has 0 aliphatic heterocycles. The van der Waals surface area contributed by atoms with Crippen molar-refractivity contribution in [3.63, 3.8) is 0 Å². The molecule has 27 heavy (non-hydrogen) atoms. The van der Waals surface area contributed by atoms with E-state index in [2.05, 4.69) is 43.3 Å². The highest BCUT2D eigenvalue weighted by molar-refractivity contribution is 5.98. The van der Waals surface area contributed by atoms with Crippen LogP contribution >= 0.6 is 0 Å².